The molecular weight excluding hydrogens is 400 g/mol. The van der Waals surface area contributed by atoms with Crippen molar-refractivity contribution in [1.29, 1.82) is 0 Å². The van der Waals surface area contributed by atoms with E-state index in [2.05, 4.69) is 26.0 Å². The standard InChI is InChI=1S/C21H32N6O4/c1-12(2)22-21(30)23-15-7-17-10-26(8-16-6-13(3)31-25-16)11-18(20(29)27(17)9-15)24-19(28)14-4-5-14/h6,12,14-15,17-18H,4-5,7-11H2,1-3H3,(H,24,28)(H2,22,23,30)/t15-,17-,18-/m0/s1. The average molecular weight is 433 g/mol. The van der Waals surface area contributed by atoms with E-state index in [0.717, 1.165) is 24.3 Å². The summed E-state index contributed by atoms with van der Waals surface area (Å²) in [4.78, 5) is 41.9. The molecule has 170 valence electrons. The van der Waals surface area contributed by atoms with E-state index in [4.69, 9.17) is 4.52 Å². The van der Waals surface area contributed by atoms with Crippen molar-refractivity contribution in [3.8, 4) is 0 Å². The van der Waals surface area contributed by atoms with Gasteiger partial charge in [0.2, 0.25) is 11.8 Å². The largest absolute Gasteiger partial charge is 0.361 e. The number of rotatable bonds is 6. The number of hydrogen-bond donors (Lipinski definition) is 3. The van der Waals surface area contributed by atoms with Crippen LogP contribution in [0.5, 0.6) is 0 Å². The van der Waals surface area contributed by atoms with Crippen LogP contribution in [0.4, 0.5) is 4.79 Å². The lowest BCUT2D eigenvalue weighted by Gasteiger charge is -2.24. The number of hydrogen-bond acceptors (Lipinski definition) is 6. The van der Waals surface area contributed by atoms with Gasteiger partial charge in [0.1, 0.15) is 11.8 Å². The molecule has 1 aliphatic carbocycles. The van der Waals surface area contributed by atoms with Gasteiger partial charge in [0, 0.05) is 50.2 Å². The van der Waals surface area contributed by atoms with Gasteiger partial charge in [-0.3, -0.25) is 14.5 Å². The number of aryl methyl sites for hydroxylation is 1. The predicted octanol–water partition coefficient (Wildman–Crippen LogP) is 0.371. The minimum Gasteiger partial charge on any atom is -0.361 e. The fourth-order valence-electron chi connectivity index (χ4n) is 4.46. The molecule has 3 fully saturated rings. The molecular formula is C21H32N6O4. The van der Waals surface area contributed by atoms with Gasteiger partial charge in [-0.05, 0) is 40.0 Å². The molecule has 0 radical (unpaired) electrons. The summed E-state index contributed by atoms with van der Waals surface area (Å²) in [6, 6.07) is 0.942. The molecule has 0 aromatic carbocycles. The number of amides is 4. The molecule has 3 heterocycles. The van der Waals surface area contributed by atoms with E-state index in [9.17, 15) is 14.4 Å². The lowest BCUT2D eigenvalue weighted by atomic mass is 10.1. The molecule has 10 heteroatoms. The lowest BCUT2D eigenvalue weighted by Crippen LogP contribution is -2.52. The van der Waals surface area contributed by atoms with Crippen LogP contribution >= 0.6 is 0 Å². The van der Waals surface area contributed by atoms with Crippen molar-refractivity contribution >= 4 is 17.8 Å². The smallest absolute Gasteiger partial charge is 0.315 e. The van der Waals surface area contributed by atoms with Crippen molar-refractivity contribution in [2.45, 2.75) is 70.7 Å². The van der Waals surface area contributed by atoms with Crippen LogP contribution in [0, 0.1) is 12.8 Å². The number of carbonyl (C=O) groups excluding carboxylic acids is 3. The van der Waals surface area contributed by atoms with E-state index < -0.39 is 6.04 Å². The summed E-state index contributed by atoms with van der Waals surface area (Å²) in [5.74, 6) is 0.652. The van der Waals surface area contributed by atoms with Crippen molar-refractivity contribution in [1.82, 2.24) is 30.9 Å². The number of carbonyl (C=O) groups is 3. The zero-order chi connectivity index (χ0) is 22.1. The van der Waals surface area contributed by atoms with Crippen molar-refractivity contribution in [2.75, 3.05) is 19.6 Å². The summed E-state index contributed by atoms with van der Waals surface area (Å²) in [7, 11) is 0. The van der Waals surface area contributed by atoms with Gasteiger partial charge in [-0.15, -0.1) is 0 Å². The lowest BCUT2D eigenvalue weighted by molar-refractivity contribution is -0.136. The number of aromatic nitrogens is 1. The molecule has 1 aromatic heterocycles. The van der Waals surface area contributed by atoms with E-state index in [-0.39, 0.29) is 41.9 Å². The number of nitrogens with zero attached hydrogens (tertiary/aromatic N) is 3. The van der Waals surface area contributed by atoms with Gasteiger partial charge in [0.05, 0.1) is 11.7 Å². The maximum atomic E-state index is 13.3. The molecule has 3 atom stereocenters. The summed E-state index contributed by atoms with van der Waals surface area (Å²) in [6.07, 6.45) is 2.45. The topological polar surface area (TPSA) is 120 Å². The van der Waals surface area contributed by atoms with Crippen LogP contribution in [0.2, 0.25) is 0 Å². The van der Waals surface area contributed by atoms with Crippen molar-refractivity contribution in [3.05, 3.63) is 17.5 Å². The quantitative estimate of drug-likeness (QED) is 0.598. The highest BCUT2D eigenvalue weighted by atomic mass is 16.5. The molecule has 10 nitrogen and oxygen atoms in total. The summed E-state index contributed by atoms with van der Waals surface area (Å²) in [6.45, 7) is 7.72. The fraction of sp³-hybridized carbons (Fsp3) is 0.714. The van der Waals surface area contributed by atoms with Gasteiger partial charge >= 0.3 is 6.03 Å². The number of urea groups is 1. The summed E-state index contributed by atoms with van der Waals surface area (Å²) >= 11 is 0. The van der Waals surface area contributed by atoms with Gasteiger partial charge < -0.3 is 25.4 Å². The van der Waals surface area contributed by atoms with Crippen molar-refractivity contribution < 1.29 is 18.9 Å². The first-order valence-corrected chi connectivity index (χ1v) is 11.1. The van der Waals surface area contributed by atoms with Crippen LogP contribution in [-0.2, 0) is 16.1 Å². The molecule has 3 aliphatic rings. The second kappa shape index (κ2) is 8.86. The molecule has 3 N–H and O–H groups in total. The molecule has 2 saturated heterocycles. The third-order valence-corrected chi connectivity index (χ3v) is 5.99. The van der Waals surface area contributed by atoms with Crippen LogP contribution in [-0.4, -0.2) is 76.6 Å². The highest BCUT2D eigenvalue weighted by molar-refractivity contribution is 5.90. The van der Waals surface area contributed by atoms with Gasteiger partial charge in [0.15, 0.2) is 0 Å². The third kappa shape index (κ3) is 5.36. The second-order valence-corrected chi connectivity index (χ2v) is 9.31. The maximum absolute atomic E-state index is 13.3. The molecule has 0 bridgehead atoms. The van der Waals surface area contributed by atoms with E-state index in [0.29, 0.717) is 32.6 Å². The molecule has 4 amide bonds. The first kappa shape index (κ1) is 21.6. The normalized spacial score (nSPS) is 26.5. The molecule has 31 heavy (non-hydrogen) atoms. The van der Waals surface area contributed by atoms with E-state index in [1.54, 1.807) is 0 Å². The molecule has 0 spiro atoms. The molecule has 1 saturated carbocycles. The summed E-state index contributed by atoms with van der Waals surface area (Å²) in [5, 5.41) is 12.9. The Kier molecular flexibility index (Phi) is 6.17. The minimum absolute atomic E-state index is 0.0335. The second-order valence-electron chi connectivity index (χ2n) is 9.31. The van der Waals surface area contributed by atoms with E-state index >= 15 is 0 Å². The van der Waals surface area contributed by atoms with E-state index in [1.807, 2.05) is 31.7 Å². The van der Waals surface area contributed by atoms with E-state index in [1.165, 1.54) is 0 Å². The van der Waals surface area contributed by atoms with Crippen LogP contribution in [0.15, 0.2) is 10.6 Å². The van der Waals surface area contributed by atoms with Crippen LogP contribution in [0.1, 0.15) is 44.6 Å². The monoisotopic (exact) mass is 432 g/mol. The maximum Gasteiger partial charge on any atom is 0.315 e. The van der Waals surface area contributed by atoms with Gasteiger partial charge in [-0.2, -0.15) is 0 Å². The number of fused-ring (bicyclic) bond motifs is 1. The first-order chi connectivity index (χ1) is 14.8. The van der Waals surface area contributed by atoms with Crippen molar-refractivity contribution in [2.24, 2.45) is 5.92 Å². The summed E-state index contributed by atoms with van der Waals surface area (Å²) in [5.41, 5.74) is 0.801. The Bertz CT molecular complexity index is 836. The number of nitrogens with one attached hydrogen (secondary N) is 3. The highest BCUT2D eigenvalue weighted by Crippen LogP contribution is 2.30. The van der Waals surface area contributed by atoms with Gasteiger partial charge in [-0.25, -0.2) is 4.79 Å². The Morgan fingerprint density at radius 1 is 1.23 bits per heavy atom. The zero-order valence-electron chi connectivity index (χ0n) is 18.4. The average Bonchev–Trinajstić information content (AvgIpc) is 3.37. The Morgan fingerprint density at radius 3 is 2.65 bits per heavy atom. The Balaban J connectivity index is 1.47. The van der Waals surface area contributed by atoms with Gasteiger partial charge in [0.25, 0.3) is 0 Å². The van der Waals surface area contributed by atoms with Crippen LogP contribution in [0.25, 0.3) is 0 Å². The molecule has 0 unspecified atom stereocenters. The molecule has 1 aromatic rings. The Morgan fingerprint density at radius 2 is 2.00 bits per heavy atom. The Hall–Kier alpha value is -2.62. The predicted molar refractivity (Wildman–Crippen MR) is 112 cm³/mol. The van der Waals surface area contributed by atoms with Crippen molar-refractivity contribution in [3.63, 3.8) is 0 Å². The minimum atomic E-state index is -0.602. The van der Waals surface area contributed by atoms with Gasteiger partial charge in [-0.1, -0.05) is 5.16 Å². The first-order valence-electron chi connectivity index (χ1n) is 11.1. The molecule has 2 aliphatic heterocycles. The SMILES string of the molecule is Cc1cc(CN2C[C@@H]3C[C@H](NC(=O)NC(C)C)CN3C(=O)[C@@H](NC(=O)C3CC3)C2)no1. The zero-order valence-corrected chi connectivity index (χ0v) is 18.4. The molecule has 4 rings (SSSR count). The highest BCUT2D eigenvalue weighted by Gasteiger charge is 2.44. The third-order valence-electron chi connectivity index (χ3n) is 5.99. The Labute approximate surface area is 182 Å². The fourth-order valence-corrected chi connectivity index (χ4v) is 4.46. The van der Waals surface area contributed by atoms with Crippen LogP contribution < -0.4 is 16.0 Å². The summed E-state index contributed by atoms with van der Waals surface area (Å²) < 4.78 is 5.19. The van der Waals surface area contributed by atoms with Crippen LogP contribution in [0.3, 0.4) is 0 Å².